The zero-order valence-corrected chi connectivity index (χ0v) is 21.8. The predicted molar refractivity (Wildman–Crippen MR) is 166 cm³/mol. The van der Waals surface area contributed by atoms with Crippen molar-refractivity contribution in [2.24, 2.45) is 0 Å². The molecule has 0 saturated carbocycles. The van der Waals surface area contributed by atoms with Gasteiger partial charge in [-0.05, 0) is 78.2 Å². The number of aromatic nitrogens is 1. The summed E-state index contributed by atoms with van der Waals surface area (Å²) in [6, 6.07) is 54.2. The Morgan fingerprint density at radius 3 is 1.54 bits per heavy atom. The molecule has 0 spiro atoms. The van der Waals surface area contributed by atoms with E-state index in [-0.39, 0.29) is 0 Å². The van der Waals surface area contributed by atoms with Crippen LogP contribution in [0.3, 0.4) is 0 Å². The highest BCUT2D eigenvalue weighted by Crippen LogP contribution is 2.37. The largest absolute Gasteiger partial charge is 0.310 e. The summed E-state index contributed by atoms with van der Waals surface area (Å²) in [6.07, 6.45) is 0. The Labute approximate surface area is 229 Å². The van der Waals surface area contributed by atoms with Crippen LogP contribution in [0, 0.1) is 6.92 Å². The van der Waals surface area contributed by atoms with Crippen LogP contribution in [0.5, 0.6) is 0 Å². The topological polar surface area (TPSA) is 8.17 Å². The van der Waals surface area contributed by atoms with E-state index in [1.54, 1.807) is 0 Å². The Balaban J connectivity index is 1.25. The van der Waals surface area contributed by atoms with Gasteiger partial charge < -0.3 is 9.47 Å². The van der Waals surface area contributed by atoms with E-state index in [1.807, 2.05) is 0 Å². The van der Waals surface area contributed by atoms with Crippen LogP contribution in [0.1, 0.15) is 5.56 Å². The summed E-state index contributed by atoms with van der Waals surface area (Å²) in [6.45, 7) is 2.17. The van der Waals surface area contributed by atoms with Gasteiger partial charge in [-0.1, -0.05) is 97.1 Å². The smallest absolute Gasteiger partial charge is 0.0541 e. The van der Waals surface area contributed by atoms with Gasteiger partial charge in [0.1, 0.15) is 0 Å². The molecule has 186 valence electrons. The van der Waals surface area contributed by atoms with Crippen molar-refractivity contribution in [2.45, 2.75) is 6.92 Å². The van der Waals surface area contributed by atoms with Crippen molar-refractivity contribution in [3.8, 4) is 16.8 Å². The average Bonchev–Trinajstić information content (AvgIpc) is 3.34. The van der Waals surface area contributed by atoms with E-state index in [4.69, 9.17) is 0 Å². The molecule has 6 aromatic carbocycles. The lowest BCUT2D eigenvalue weighted by molar-refractivity contribution is 1.18. The Bertz CT molecular complexity index is 1840. The van der Waals surface area contributed by atoms with Gasteiger partial charge in [0.25, 0.3) is 0 Å². The van der Waals surface area contributed by atoms with Gasteiger partial charge in [0.05, 0.1) is 11.0 Å². The number of anilines is 3. The van der Waals surface area contributed by atoms with Crippen molar-refractivity contribution >= 4 is 38.9 Å². The van der Waals surface area contributed by atoms with Crippen LogP contribution in [0.4, 0.5) is 17.1 Å². The van der Waals surface area contributed by atoms with E-state index in [2.05, 4.69) is 168 Å². The van der Waals surface area contributed by atoms with Crippen LogP contribution in [0.2, 0.25) is 0 Å². The number of benzene rings is 6. The van der Waals surface area contributed by atoms with E-state index in [1.165, 1.54) is 49.9 Å². The maximum atomic E-state index is 2.36. The molecule has 0 amide bonds. The zero-order chi connectivity index (χ0) is 26.2. The van der Waals surface area contributed by atoms with Crippen molar-refractivity contribution < 1.29 is 0 Å². The van der Waals surface area contributed by atoms with Gasteiger partial charge in [-0.3, -0.25) is 0 Å². The molecule has 0 unspecified atom stereocenters. The van der Waals surface area contributed by atoms with Crippen LogP contribution in [-0.2, 0) is 0 Å². The highest BCUT2D eigenvalue weighted by atomic mass is 15.1. The minimum Gasteiger partial charge on any atom is -0.310 e. The second kappa shape index (κ2) is 9.66. The third-order valence-corrected chi connectivity index (χ3v) is 7.54. The lowest BCUT2D eigenvalue weighted by Gasteiger charge is -2.27. The van der Waals surface area contributed by atoms with Crippen LogP contribution >= 0.6 is 0 Å². The van der Waals surface area contributed by atoms with E-state index in [0.717, 1.165) is 11.4 Å². The third-order valence-electron chi connectivity index (χ3n) is 7.54. The van der Waals surface area contributed by atoms with Gasteiger partial charge >= 0.3 is 0 Å². The molecule has 0 fully saturated rings. The molecule has 0 aliphatic heterocycles. The van der Waals surface area contributed by atoms with E-state index >= 15 is 0 Å². The first-order chi connectivity index (χ1) is 19.3. The van der Waals surface area contributed by atoms with Crippen LogP contribution in [0.15, 0.2) is 152 Å². The first kappa shape index (κ1) is 23.1. The number of hydrogen-bond acceptors (Lipinski definition) is 1. The Hall–Kier alpha value is -5.08. The Morgan fingerprint density at radius 2 is 0.923 bits per heavy atom. The summed E-state index contributed by atoms with van der Waals surface area (Å²) < 4.78 is 2.36. The van der Waals surface area contributed by atoms with Crippen molar-refractivity contribution in [1.82, 2.24) is 4.57 Å². The summed E-state index contributed by atoms with van der Waals surface area (Å²) in [5.41, 5.74) is 10.7. The predicted octanol–water partition coefficient (Wildman–Crippen LogP) is 10.2. The molecule has 2 heteroatoms. The zero-order valence-electron chi connectivity index (χ0n) is 21.8. The van der Waals surface area contributed by atoms with Crippen LogP contribution in [-0.4, -0.2) is 4.57 Å². The molecule has 2 nitrogen and oxygen atoms in total. The normalized spacial score (nSPS) is 11.2. The van der Waals surface area contributed by atoms with Gasteiger partial charge in [0, 0.05) is 33.5 Å². The first-order valence-electron chi connectivity index (χ1n) is 13.4. The van der Waals surface area contributed by atoms with Gasteiger partial charge in [0.15, 0.2) is 0 Å². The van der Waals surface area contributed by atoms with E-state index in [0.29, 0.717) is 0 Å². The number of nitrogens with zero attached hydrogens (tertiary/aromatic N) is 2. The maximum Gasteiger partial charge on any atom is 0.0541 e. The van der Waals surface area contributed by atoms with Crippen molar-refractivity contribution in [3.05, 3.63) is 157 Å². The van der Waals surface area contributed by atoms with Gasteiger partial charge in [-0.15, -0.1) is 0 Å². The molecular weight excluding hydrogens is 472 g/mol. The van der Waals surface area contributed by atoms with Gasteiger partial charge in [-0.2, -0.15) is 0 Å². The molecule has 0 saturated heterocycles. The highest BCUT2D eigenvalue weighted by molar-refractivity contribution is 6.09. The molecule has 39 heavy (non-hydrogen) atoms. The van der Waals surface area contributed by atoms with Crippen LogP contribution in [0.25, 0.3) is 38.6 Å². The molecule has 7 aromatic rings. The van der Waals surface area contributed by atoms with Crippen molar-refractivity contribution in [3.63, 3.8) is 0 Å². The number of aryl methyl sites for hydroxylation is 1. The summed E-state index contributed by atoms with van der Waals surface area (Å²) in [7, 11) is 0. The highest BCUT2D eigenvalue weighted by Gasteiger charge is 2.15. The molecule has 1 aromatic heterocycles. The standard InChI is InChI=1S/C37H28N2/c1-27-11-5-8-16-35(27)38(30-12-3-2-4-13-30)31-23-19-28(20-24-31)29-21-25-32(26-22-29)39-36-17-9-6-14-33(36)34-15-7-10-18-37(34)39/h2-26H,1H3. The van der Waals surface area contributed by atoms with Crippen LogP contribution < -0.4 is 4.90 Å². The fraction of sp³-hybridized carbons (Fsp3) is 0.0270. The molecule has 1 heterocycles. The molecule has 0 bridgehead atoms. The monoisotopic (exact) mass is 500 g/mol. The summed E-state index contributed by atoms with van der Waals surface area (Å²) in [4.78, 5) is 2.32. The minimum atomic E-state index is 1.14. The molecule has 0 atom stereocenters. The second-order valence-electron chi connectivity index (χ2n) is 9.92. The minimum absolute atomic E-state index is 1.14. The Kier molecular flexibility index (Phi) is 5.71. The third kappa shape index (κ3) is 4.07. The molecule has 0 radical (unpaired) electrons. The fourth-order valence-electron chi connectivity index (χ4n) is 5.63. The molecule has 0 N–H and O–H groups in total. The van der Waals surface area contributed by atoms with Crippen molar-refractivity contribution in [2.75, 3.05) is 4.90 Å². The maximum absolute atomic E-state index is 2.36. The summed E-state index contributed by atoms with van der Waals surface area (Å²) in [5, 5.41) is 2.56. The summed E-state index contributed by atoms with van der Waals surface area (Å²) >= 11 is 0. The quantitative estimate of drug-likeness (QED) is 0.228. The van der Waals surface area contributed by atoms with Crippen molar-refractivity contribution in [1.29, 1.82) is 0 Å². The Morgan fingerprint density at radius 1 is 0.436 bits per heavy atom. The lowest BCUT2D eigenvalue weighted by atomic mass is 10.0. The fourth-order valence-corrected chi connectivity index (χ4v) is 5.63. The van der Waals surface area contributed by atoms with Gasteiger partial charge in [-0.25, -0.2) is 0 Å². The molecular formula is C37H28N2. The average molecular weight is 501 g/mol. The van der Waals surface area contributed by atoms with E-state index < -0.39 is 0 Å². The SMILES string of the molecule is Cc1ccccc1N(c1ccccc1)c1ccc(-c2ccc(-n3c4ccccc4c4ccccc43)cc2)cc1. The molecule has 0 aliphatic carbocycles. The second-order valence-corrected chi connectivity index (χ2v) is 9.92. The molecule has 0 aliphatic rings. The molecule has 7 rings (SSSR count). The lowest BCUT2D eigenvalue weighted by Crippen LogP contribution is -2.11. The number of para-hydroxylation sites is 4. The van der Waals surface area contributed by atoms with Gasteiger partial charge in [0.2, 0.25) is 0 Å². The first-order valence-corrected chi connectivity index (χ1v) is 13.4. The summed E-state index contributed by atoms with van der Waals surface area (Å²) in [5.74, 6) is 0. The number of hydrogen-bond donors (Lipinski definition) is 0. The van der Waals surface area contributed by atoms with E-state index in [9.17, 15) is 0 Å². The number of rotatable bonds is 5. The number of fused-ring (bicyclic) bond motifs is 3.